The monoisotopic (exact) mass is 277 g/mol. The van der Waals surface area contributed by atoms with Crippen LogP contribution in [0.3, 0.4) is 0 Å². The van der Waals surface area contributed by atoms with Crippen molar-refractivity contribution in [1.82, 2.24) is 5.32 Å². The molecule has 4 radical (unpaired) electrons. The molecule has 5 heteroatoms. The Bertz CT molecular complexity index is 105. The van der Waals surface area contributed by atoms with Crippen LogP contribution in [-0.4, -0.2) is 36.0 Å². The summed E-state index contributed by atoms with van der Waals surface area (Å²) in [6.45, 7) is 15.8. The molecule has 0 spiro atoms. The molecule has 0 aromatic carbocycles. The number of hydrogen-bond donors (Lipinski definition) is 1. The van der Waals surface area contributed by atoms with Gasteiger partial charge in [-0.2, -0.15) is 20.8 Å². The van der Waals surface area contributed by atoms with Crippen LogP contribution in [0.15, 0.2) is 0 Å². The molecule has 0 heterocycles. The van der Waals surface area contributed by atoms with Crippen molar-refractivity contribution in [2.24, 2.45) is 0 Å². The van der Waals surface area contributed by atoms with Crippen molar-refractivity contribution in [3.05, 3.63) is 20.8 Å². The molecule has 0 aliphatic carbocycles. The van der Waals surface area contributed by atoms with Gasteiger partial charge in [-0.1, -0.05) is 0 Å². The van der Waals surface area contributed by atoms with Crippen molar-refractivity contribution in [3.63, 3.8) is 0 Å². The van der Waals surface area contributed by atoms with Crippen molar-refractivity contribution >= 4 is 29.5 Å². The third-order valence-electron chi connectivity index (χ3n) is 0.482. The molecule has 15 heavy (non-hydrogen) atoms. The van der Waals surface area contributed by atoms with Crippen molar-refractivity contribution in [3.8, 4) is 0 Å². The Morgan fingerprint density at radius 2 is 1.33 bits per heavy atom. The maximum absolute atomic E-state index is 9.95. The van der Waals surface area contributed by atoms with Crippen LogP contribution in [0.5, 0.6) is 0 Å². The Labute approximate surface area is 105 Å². The van der Waals surface area contributed by atoms with Crippen LogP contribution < -0.4 is 10.4 Å². The Balaban J connectivity index is -0.0000000410. The minimum absolute atomic E-state index is 0. The molecule has 0 saturated heterocycles. The zero-order valence-electron chi connectivity index (χ0n) is 10.1. The number of carbonyl (C=O) groups excluding carboxylic acids is 2. The molecule has 0 aromatic heterocycles. The number of carboxylic acids is 1. The molecule has 0 rings (SSSR count). The maximum Gasteiger partial charge on any atom is 0.217 e. The first-order valence-electron chi connectivity index (χ1n) is 4.19. The molecule has 0 aliphatic rings. The zero-order chi connectivity index (χ0) is 12.6. The van der Waals surface area contributed by atoms with E-state index in [1.165, 1.54) is 6.92 Å². The minimum Gasteiger partial charge on any atom is -0.548 e. The topological polar surface area (TPSA) is 69.2 Å². The molecule has 0 unspecified atom stereocenters. The van der Waals surface area contributed by atoms with E-state index in [0.717, 1.165) is 0 Å². The van der Waals surface area contributed by atoms with Gasteiger partial charge in [0, 0.05) is 24.5 Å². The second kappa shape index (κ2) is 37.5. The smallest absolute Gasteiger partial charge is 0.217 e. The van der Waals surface area contributed by atoms with E-state index in [9.17, 15) is 14.7 Å². The molecule has 0 bridgehead atoms. The molecule has 4 nitrogen and oxygen atoms in total. The number of nitrogens with one attached hydrogen (secondary N) is 1. The molecule has 1 amide bonds. The summed E-state index contributed by atoms with van der Waals surface area (Å²) in [6, 6.07) is 0. The maximum atomic E-state index is 9.95. The average Bonchev–Trinajstić information content (AvgIpc) is 2.24. The third-order valence-corrected chi connectivity index (χ3v) is 0.482. The number of carbonyl (C=O) groups is 2. The summed E-state index contributed by atoms with van der Waals surface area (Å²) in [6.07, 6.45) is 0. The fourth-order valence-electron chi connectivity index (χ4n) is 0.197. The number of rotatable bonds is 2. The molecule has 0 aliphatic heterocycles. The molecular formula is C10H21GeNO3-4. The van der Waals surface area contributed by atoms with Gasteiger partial charge in [-0.25, -0.2) is 0 Å². The number of amides is 1. The van der Waals surface area contributed by atoms with E-state index in [0.29, 0.717) is 0 Å². The van der Waals surface area contributed by atoms with E-state index < -0.39 is 12.5 Å². The second-order valence-electron chi connectivity index (χ2n) is 1.28. The third kappa shape index (κ3) is 88.5. The summed E-state index contributed by atoms with van der Waals surface area (Å²) in [5, 5.41) is 11.6. The normalized spacial score (nSPS) is 5.53. The fraction of sp³-hybridized carbons (Fsp3) is 0.500. The standard InChI is InChI=1S/C4H7NO3.3C2H5.Ge/c1-3(6)5-2-4(7)8;3*1-2;/h2H2,1H3,(H,5,6)(H,7,8);3*1H2,2H3;/q;3*-1;/p-1. The fourth-order valence-corrected chi connectivity index (χ4v) is 0.197. The van der Waals surface area contributed by atoms with E-state index in [1.54, 1.807) is 20.8 Å². The summed E-state index contributed by atoms with van der Waals surface area (Å²) in [7, 11) is 0. The first-order valence-corrected chi connectivity index (χ1v) is 4.19. The van der Waals surface area contributed by atoms with Gasteiger partial charge in [0.05, 0.1) is 12.5 Å². The summed E-state index contributed by atoms with van der Waals surface area (Å²) in [4.78, 5) is 19.5. The van der Waals surface area contributed by atoms with Gasteiger partial charge in [0.15, 0.2) is 0 Å². The number of hydrogen-bond acceptors (Lipinski definition) is 3. The van der Waals surface area contributed by atoms with Gasteiger partial charge in [-0.3, -0.25) is 4.79 Å². The minimum atomic E-state index is -1.28. The van der Waals surface area contributed by atoms with Crippen molar-refractivity contribution in [2.45, 2.75) is 27.7 Å². The summed E-state index contributed by atoms with van der Waals surface area (Å²) in [5.74, 6) is -1.64. The van der Waals surface area contributed by atoms with Crippen LogP contribution in [0.2, 0.25) is 0 Å². The van der Waals surface area contributed by atoms with E-state index in [4.69, 9.17) is 0 Å². The van der Waals surface area contributed by atoms with Crippen LogP contribution in [0, 0.1) is 20.8 Å². The Morgan fingerprint density at radius 3 is 1.40 bits per heavy atom. The summed E-state index contributed by atoms with van der Waals surface area (Å²) < 4.78 is 0. The van der Waals surface area contributed by atoms with Gasteiger partial charge < -0.3 is 36.0 Å². The Hall–Kier alpha value is -0.517. The SMILES string of the molecule is CC(=O)NCC(=O)[O-].[CH2-]C.[CH2-]C.[CH2-]C.[Ge]. The van der Waals surface area contributed by atoms with Crippen molar-refractivity contribution < 1.29 is 14.7 Å². The first kappa shape index (κ1) is 29.3. The molecule has 92 valence electrons. The van der Waals surface area contributed by atoms with E-state index in [-0.39, 0.29) is 23.5 Å². The number of carboxylic acid groups (broad SMARTS) is 1. The van der Waals surface area contributed by atoms with Gasteiger partial charge in [0.25, 0.3) is 0 Å². The predicted octanol–water partition coefficient (Wildman–Crippen LogP) is 0.0128. The van der Waals surface area contributed by atoms with E-state index in [2.05, 4.69) is 20.8 Å². The average molecular weight is 276 g/mol. The summed E-state index contributed by atoms with van der Waals surface area (Å²) >= 11 is 0. The van der Waals surface area contributed by atoms with Gasteiger partial charge >= 0.3 is 0 Å². The molecule has 0 fully saturated rings. The molecule has 0 atom stereocenters. The second-order valence-corrected chi connectivity index (χ2v) is 1.28. The van der Waals surface area contributed by atoms with Crippen LogP contribution in [0.25, 0.3) is 0 Å². The Morgan fingerprint density at radius 1 is 1.07 bits per heavy atom. The van der Waals surface area contributed by atoms with Gasteiger partial charge in [0.2, 0.25) is 5.91 Å². The first-order chi connectivity index (χ1) is 6.63. The predicted molar refractivity (Wildman–Crippen MR) is 62.5 cm³/mol. The zero-order valence-corrected chi connectivity index (χ0v) is 12.2. The molecule has 0 saturated carbocycles. The van der Waals surface area contributed by atoms with Crippen LogP contribution in [-0.2, 0) is 9.59 Å². The van der Waals surface area contributed by atoms with E-state index in [1.807, 2.05) is 5.32 Å². The van der Waals surface area contributed by atoms with Crippen molar-refractivity contribution in [1.29, 1.82) is 0 Å². The van der Waals surface area contributed by atoms with E-state index >= 15 is 0 Å². The number of aliphatic carboxylic acids is 1. The van der Waals surface area contributed by atoms with Gasteiger partial charge in [0.1, 0.15) is 0 Å². The molecule has 0 aromatic rings. The van der Waals surface area contributed by atoms with Crippen molar-refractivity contribution in [2.75, 3.05) is 6.54 Å². The molecular weight excluding hydrogens is 255 g/mol. The van der Waals surface area contributed by atoms with Gasteiger partial charge in [-0.05, 0) is 0 Å². The van der Waals surface area contributed by atoms with Gasteiger partial charge in [-0.15, -0.1) is 0 Å². The van der Waals surface area contributed by atoms with Crippen LogP contribution in [0.4, 0.5) is 0 Å². The van der Waals surface area contributed by atoms with Crippen LogP contribution in [0.1, 0.15) is 27.7 Å². The summed E-state index contributed by atoms with van der Waals surface area (Å²) in [5.41, 5.74) is 0. The molecule has 1 N–H and O–H groups in total. The largest absolute Gasteiger partial charge is 0.548 e. The Kier molecular flexibility index (Phi) is 73.2. The quantitative estimate of drug-likeness (QED) is 0.570. The van der Waals surface area contributed by atoms with Crippen LogP contribution >= 0.6 is 0 Å².